The summed E-state index contributed by atoms with van der Waals surface area (Å²) in [6, 6.07) is 4.59. The minimum atomic E-state index is -0.446. The molecule has 15 heavy (non-hydrogen) atoms. The molecule has 1 aromatic rings. The first-order chi connectivity index (χ1) is 7.11. The Hall–Kier alpha value is -1.35. The number of nitrogens with one attached hydrogen (secondary N) is 1. The van der Waals surface area contributed by atoms with E-state index in [1.807, 2.05) is 0 Å². The lowest BCUT2D eigenvalue weighted by molar-refractivity contribution is -0.118. The summed E-state index contributed by atoms with van der Waals surface area (Å²) in [6.45, 7) is 1.84. The van der Waals surface area contributed by atoms with E-state index in [1.54, 1.807) is 24.3 Å². The number of benzene rings is 1. The molecule has 1 rings (SSSR count). The molecule has 0 aromatic heterocycles. The second-order valence-corrected chi connectivity index (χ2v) is 3.36. The average Bonchev–Trinajstić information content (AvgIpc) is 2.18. The van der Waals surface area contributed by atoms with Crippen LogP contribution in [0.3, 0.4) is 0 Å². The van der Waals surface area contributed by atoms with Gasteiger partial charge in [0, 0.05) is 13.5 Å². The zero-order valence-corrected chi connectivity index (χ0v) is 9.01. The van der Waals surface area contributed by atoms with E-state index in [1.165, 1.54) is 13.0 Å². The Kier molecular flexibility index (Phi) is 4.31. The van der Waals surface area contributed by atoms with E-state index in [2.05, 4.69) is 5.32 Å². The Morgan fingerprint density at radius 3 is 3.00 bits per heavy atom. The number of hydrogen-bond donors (Lipinski definition) is 1. The van der Waals surface area contributed by atoms with Crippen LogP contribution >= 0.6 is 11.6 Å². The van der Waals surface area contributed by atoms with Crippen LogP contribution in [0.2, 0.25) is 5.02 Å². The largest absolute Gasteiger partial charge is 0.353 e. The van der Waals surface area contributed by atoms with Crippen molar-refractivity contribution in [3.05, 3.63) is 40.7 Å². The lowest BCUT2D eigenvalue weighted by atomic mass is 10.2. The summed E-state index contributed by atoms with van der Waals surface area (Å²) in [5, 5.41) is 2.68. The molecule has 4 heteroatoms. The summed E-state index contributed by atoms with van der Waals surface area (Å²) in [5.41, 5.74) is 0.599. The van der Waals surface area contributed by atoms with E-state index < -0.39 is 5.82 Å². The lowest BCUT2D eigenvalue weighted by Gasteiger charge is -1.99. The van der Waals surface area contributed by atoms with E-state index >= 15 is 0 Å². The highest BCUT2D eigenvalue weighted by atomic mass is 35.5. The molecule has 0 aliphatic rings. The number of hydrogen-bond acceptors (Lipinski definition) is 1. The molecule has 0 fully saturated rings. The van der Waals surface area contributed by atoms with Crippen LogP contribution in [0.15, 0.2) is 24.3 Å². The number of carbonyl (C=O) groups excluding carboxylic acids is 1. The molecule has 0 saturated heterocycles. The van der Waals surface area contributed by atoms with Crippen LogP contribution < -0.4 is 5.32 Å². The summed E-state index contributed by atoms with van der Waals surface area (Å²) in [5.74, 6) is -0.552. The second-order valence-electron chi connectivity index (χ2n) is 2.98. The van der Waals surface area contributed by atoms with Crippen molar-refractivity contribution in [2.75, 3.05) is 6.54 Å². The van der Waals surface area contributed by atoms with Crippen molar-refractivity contribution in [3.8, 4) is 0 Å². The second kappa shape index (κ2) is 5.51. The fraction of sp³-hybridized carbons (Fsp3) is 0.182. The molecule has 0 heterocycles. The first-order valence-corrected chi connectivity index (χ1v) is 4.84. The van der Waals surface area contributed by atoms with Gasteiger partial charge in [0.25, 0.3) is 0 Å². The Bertz CT molecular complexity index is 390. The minimum absolute atomic E-state index is 0.0941. The Balaban J connectivity index is 2.64. The van der Waals surface area contributed by atoms with Crippen molar-refractivity contribution in [1.82, 2.24) is 5.32 Å². The van der Waals surface area contributed by atoms with Gasteiger partial charge in [0.1, 0.15) is 5.82 Å². The van der Waals surface area contributed by atoms with E-state index in [-0.39, 0.29) is 10.9 Å². The number of rotatable bonds is 3. The fourth-order valence-corrected chi connectivity index (χ4v) is 1.23. The molecule has 1 aromatic carbocycles. The average molecular weight is 228 g/mol. The molecule has 0 unspecified atom stereocenters. The quantitative estimate of drug-likeness (QED) is 0.845. The topological polar surface area (TPSA) is 29.1 Å². The van der Waals surface area contributed by atoms with E-state index in [0.717, 1.165) is 0 Å². The van der Waals surface area contributed by atoms with Crippen molar-refractivity contribution in [3.63, 3.8) is 0 Å². The summed E-state index contributed by atoms with van der Waals surface area (Å²) in [6.07, 6.45) is 3.38. The van der Waals surface area contributed by atoms with E-state index in [0.29, 0.717) is 12.1 Å². The summed E-state index contributed by atoms with van der Waals surface area (Å²) in [4.78, 5) is 10.5. The SMILES string of the molecule is CC(=O)NCC=Cc1cccc(F)c1Cl. The van der Waals surface area contributed by atoms with Gasteiger partial charge < -0.3 is 5.32 Å². The summed E-state index contributed by atoms with van der Waals surface area (Å²) >= 11 is 5.72. The zero-order chi connectivity index (χ0) is 11.3. The maximum atomic E-state index is 13.0. The van der Waals surface area contributed by atoms with Crippen molar-refractivity contribution in [1.29, 1.82) is 0 Å². The molecule has 0 radical (unpaired) electrons. The molecule has 0 aliphatic heterocycles. The third-order valence-corrected chi connectivity index (χ3v) is 2.15. The molecule has 0 spiro atoms. The van der Waals surface area contributed by atoms with Crippen molar-refractivity contribution < 1.29 is 9.18 Å². The normalized spacial score (nSPS) is 10.6. The van der Waals surface area contributed by atoms with Crippen LogP contribution in [0.25, 0.3) is 6.08 Å². The maximum Gasteiger partial charge on any atom is 0.217 e. The Morgan fingerprint density at radius 2 is 2.33 bits per heavy atom. The van der Waals surface area contributed by atoms with Gasteiger partial charge in [0.15, 0.2) is 0 Å². The molecular formula is C11H11ClFNO. The van der Waals surface area contributed by atoms with Gasteiger partial charge in [-0.3, -0.25) is 4.79 Å². The Morgan fingerprint density at radius 1 is 1.60 bits per heavy atom. The van der Waals surface area contributed by atoms with Crippen molar-refractivity contribution in [2.24, 2.45) is 0 Å². The van der Waals surface area contributed by atoms with Gasteiger partial charge in [-0.05, 0) is 11.6 Å². The predicted molar refractivity (Wildman–Crippen MR) is 59.1 cm³/mol. The van der Waals surface area contributed by atoms with Crippen LogP contribution in [-0.4, -0.2) is 12.5 Å². The van der Waals surface area contributed by atoms with Gasteiger partial charge in [-0.1, -0.05) is 35.9 Å². The van der Waals surface area contributed by atoms with E-state index in [4.69, 9.17) is 11.6 Å². The molecule has 2 nitrogen and oxygen atoms in total. The van der Waals surface area contributed by atoms with E-state index in [9.17, 15) is 9.18 Å². The van der Waals surface area contributed by atoms with Gasteiger partial charge >= 0.3 is 0 Å². The smallest absolute Gasteiger partial charge is 0.217 e. The minimum Gasteiger partial charge on any atom is -0.353 e. The van der Waals surface area contributed by atoms with Gasteiger partial charge in [0.05, 0.1) is 5.02 Å². The standard InChI is InChI=1S/C11H11ClFNO/c1-8(15)14-7-3-5-9-4-2-6-10(13)11(9)12/h2-6H,7H2,1H3,(H,14,15). The van der Waals surface area contributed by atoms with Crippen LogP contribution in [0.4, 0.5) is 4.39 Å². The van der Waals surface area contributed by atoms with Gasteiger partial charge in [-0.25, -0.2) is 4.39 Å². The highest BCUT2D eigenvalue weighted by molar-refractivity contribution is 6.32. The molecule has 1 amide bonds. The molecule has 1 N–H and O–H groups in total. The Labute approximate surface area is 92.7 Å². The molecule has 80 valence electrons. The number of halogens is 2. The van der Waals surface area contributed by atoms with Crippen molar-refractivity contribution >= 4 is 23.6 Å². The molecular weight excluding hydrogens is 217 g/mol. The zero-order valence-electron chi connectivity index (χ0n) is 8.26. The highest BCUT2D eigenvalue weighted by Crippen LogP contribution is 2.20. The fourth-order valence-electron chi connectivity index (χ4n) is 1.04. The third-order valence-electron chi connectivity index (χ3n) is 1.75. The first kappa shape index (κ1) is 11.7. The van der Waals surface area contributed by atoms with Gasteiger partial charge in [-0.2, -0.15) is 0 Å². The van der Waals surface area contributed by atoms with Crippen LogP contribution in [0, 0.1) is 5.82 Å². The predicted octanol–water partition coefficient (Wildman–Crippen LogP) is 2.63. The number of carbonyl (C=O) groups is 1. The first-order valence-electron chi connectivity index (χ1n) is 4.46. The highest BCUT2D eigenvalue weighted by Gasteiger charge is 2.01. The summed E-state index contributed by atoms with van der Waals surface area (Å²) < 4.78 is 13.0. The summed E-state index contributed by atoms with van der Waals surface area (Å²) in [7, 11) is 0. The monoisotopic (exact) mass is 227 g/mol. The number of amides is 1. The van der Waals surface area contributed by atoms with Crippen molar-refractivity contribution in [2.45, 2.75) is 6.92 Å². The molecule has 0 aliphatic carbocycles. The molecule has 0 atom stereocenters. The lowest BCUT2D eigenvalue weighted by Crippen LogP contribution is -2.19. The van der Waals surface area contributed by atoms with Crippen LogP contribution in [0.5, 0.6) is 0 Å². The van der Waals surface area contributed by atoms with Gasteiger partial charge in [0.2, 0.25) is 5.91 Å². The third kappa shape index (κ3) is 3.72. The molecule has 0 bridgehead atoms. The maximum absolute atomic E-state index is 13.0. The van der Waals surface area contributed by atoms with Crippen LogP contribution in [0.1, 0.15) is 12.5 Å². The van der Waals surface area contributed by atoms with Gasteiger partial charge in [-0.15, -0.1) is 0 Å². The van der Waals surface area contributed by atoms with Crippen LogP contribution in [-0.2, 0) is 4.79 Å². The molecule has 0 saturated carbocycles.